The van der Waals surface area contributed by atoms with Gasteiger partial charge in [0.25, 0.3) is 5.56 Å². The summed E-state index contributed by atoms with van der Waals surface area (Å²) in [5, 5.41) is 26.5. The molecule has 1 heterocycles. The van der Waals surface area contributed by atoms with Crippen LogP contribution in [0.3, 0.4) is 0 Å². The first-order valence-electron chi connectivity index (χ1n) is 12.0. The number of carbonyl (C=O) groups excluding carboxylic acids is 2. The van der Waals surface area contributed by atoms with Gasteiger partial charge in [-0.3, -0.25) is 14.4 Å². The summed E-state index contributed by atoms with van der Waals surface area (Å²) in [6, 6.07) is 17.2. The second kappa shape index (κ2) is 11.8. The summed E-state index contributed by atoms with van der Waals surface area (Å²) in [6.07, 6.45) is 0.0666. The van der Waals surface area contributed by atoms with E-state index >= 15 is 0 Å². The van der Waals surface area contributed by atoms with Gasteiger partial charge in [0, 0.05) is 34.8 Å². The molecule has 10 nitrogen and oxygen atoms in total. The van der Waals surface area contributed by atoms with Crippen molar-refractivity contribution in [2.24, 2.45) is 0 Å². The number of nitrogens with one attached hydrogen (secondary N) is 1. The fourth-order valence-electron chi connectivity index (χ4n) is 4.21. The molecular weight excluding hydrogens is 538 g/mol. The summed E-state index contributed by atoms with van der Waals surface area (Å²) < 4.78 is 6.45. The number of carbonyl (C=O) groups is 3. The lowest BCUT2D eigenvalue weighted by Crippen LogP contribution is -2.36. The molecule has 0 aliphatic heterocycles. The third kappa shape index (κ3) is 6.02. The Bertz CT molecular complexity index is 1670. The molecule has 0 aliphatic carbocycles. The first-order valence-corrected chi connectivity index (χ1v) is 12.4. The van der Waals surface area contributed by atoms with E-state index in [-0.39, 0.29) is 34.9 Å². The van der Waals surface area contributed by atoms with Gasteiger partial charge in [0.05, 0.1) is 12.7 Å². The number of ether oxygens (including phenoxy) is 1. The highest BCUT2D eigenvalue weighted by molar-refractivity contribution is 6.31. The lowest BCUT2D eigenvalue weighted by Gasteiger charge is -2.20. The summed E-state index contributed by atoms with van der Waals surface area (Å²) in [5.74, 6) is -2.78. The van der Waals surface area contributed by atoms with Crippen molar-refractivity contribution in [3.8, 4) is 22.8 Å². The molecular formula is C29H24ClN3O7. The fraction of sp³-hybridized carbons (Fsp3) is 0.138. The second-order valence-corrected chi connectivity index (χ2v) is 9.26. The molecule has 0 spiro atoms. The Kier molecular flexibility index (Phi) is 8.30. The molecule has 0 aliphatic rings. The Labute approximate surface area is 233 Å². The number of hydrogen-bond donors (Lipinski definition) is 3. The van der Waals surface area contributed by atoms with E-state index in [9.17, 15) is 24.3 Å². The molecule has 0 unspecified atom stereocenters. The van der Waals surface area contributed by atoms with Crippen LogP contribution in [0.2, 0.25) is 5.02 Å². The fourth-order valence-corrected chi connectivity index (χ4v) is 4.38. The number of aromatic hydroxyl groups is 1. The minimum Gasteiger partial charge on any atom is -0.507 e. The first kappa shape index (κ1) is 28.1. The van der Waals surface area contributed by atoms with Gasteiger partial charge in [0.1, 0.15) is 17.4 Å². The molecule has 3 N–H and O–H groups in total. The quantitative estimate of drug-likeness (QED) is 0.251. The molecule has 4 rings (SSSR count). The number of phenols is 1. The maximum atomic E-state index is 13.5. The number of carboxylic acid groups (broad SMARTS) is 1. The maximum absolute atomic E-state index is 13.5. The van der Waals surface area contributed by atoms with Crippen molar-refractivity contribution in [3.63, 3.8) is 0 Å². The molecule has 1 aromatic heterocycles. The van der Waals surface area contributed by atoms with Crippen molar-refractivity contribution >= 4 is 34.9 Å². The largest absolute Gasteiger partial charge is 0.507 e. The normalized spacial score (nSPS) is 11.5. The molecule has 204 valence electrons. The number of benzene rings is 3. The van der Waals surface area contributed by atoms with Crippen LogP contribution in [0.4, 0.5) is 5.69 Å². The average molecular weight is 562 g/mol. The molecule has 4 aromatic rings. The van der Waals surface area contributed by atoms with Crippen molar-refractivity contribution < 1.29 is 29.3 Å². The predicted octanol–water partition coefficient (Wildman–Crippen LogP) is 4.60. The Morgan fingerprint density at radius 2 is 1.70 bits per heavy atom. The van der Waals surface area contributed by atoms with Crippen LogP contribution in [-0.2, 0) is 11.2 Å². The minimum absolute atomic E-state index is 0.0151. The molecule has 1 atom stereocenters. The van der Waals surface area contributed by atoms with E-state index in [1.54, 1.807) is 36.4 Å². The van der Waals surface area contributed by atoms with Crippen molar-refractivity contribution in [2.75, 3.05) is 12.4 Å². The number of amides is 1. The first-order chi connectivity index (χ1) is 19.1. The minimum atomic E-state index is -1.33. The van der Waals surface area contributed by atoms with E-state index in [1.807, 2.05) is 6.07 Å². The number of rotatable bonds is 9. The SMILES string of the molecule is COc1nn([C@@H](Cc2ccccc2)C(=O)Nc2ccc(C(=O)O)c(O)c2)c(=O)cc1-c1cc(Cl)ccc1C(C)=O. The number of aromatic nitrogens is 2. The van der Waals surface area contributed by atoms with Crippen molar-refractivity contribution in [3.05, 3.63) is 105 Å². The molecule has 0 bridgehead atoms. The Morgan fingerprint density at radius 3 is 2.33 bits per heavy atom. The molecule has 3 aromatic carbocycles. The van der Waals surface area contributed by atoms with Gasteiger partial charge in [-0.15, -0.1) is 5.10 Å². The summed E-state index contributed by atoms with van der Waals surface area (Å²) >= 11 is 6.18. The molecule has 0 fully saturated rings. The van der Waals surface area contributed by atoms with Crippen LogP contribution >= 0.6 is 11.6 Å². The number of halogens is 1. The van der Waals surface area contributed by atoms with Crippen LogP contribution < -0.4 is 15.6 Å². The van der Waals surface area contributed by atoms with Crippen LogP contribution in [0, 0.1) is 0 Å². The summed E-state index contributed by atoms with van der Waals surface area (Å²) in [6.45, 7) is 1.38. The zero-order chi connectivity index (χ0) is 29.0. The zero-order valence-corrected chi connectivity index (χ0v) is 22.2. The monoisotopic (exact) mass is 561 g/mol. The van der Waals surface area contributed by atoms with E-state index in [1.165, 1.54) is 32.2 Å². The van der Waals surface area contributed by atoms with E-state index in [0.29, 0.717) is 16.1 Å². The standard InChI is InChI=1S/C29H24ClN3O7/c1-16(34)20-10-8-18(30)13-22(20)23-15-26(36)33(32-28(23)40-2)24(12-17-6-4-3-5-7-17)27(37)31-19-9-11-21(29(38)39)25(35)14-19/h3-11,13-15,24,35H,12H2,1-2H3,(H,31,37)(H,38,39)/t24-/m0/s1. The van der Waals surface area contributed by atoms with Gasteiger partial charge in [0.15, 0.2) is 5.78 Å². The lowest BCUT2D eigenvalue weighted by molar-refractivity contribution is -0.119. The van der Waals surface area contributed by atoms with Crippen molar-refractivity contribution in [1.29, 1.82) is 0 Å². The van der Waals surface area contributed by atoms with Crippen LogP contribution in [0.1, 0.15) is 39.2 Å². The average Bonchev–Trinajstić information content (AvgIpc) is 2.92. The van der Waals surface area contributed by atoms with Crippen molar-refractivity contribution in [2.45, 2.75) is 19.4 Å². The van der Waals surface area contributed by atoms with Crippen molar-refractivity contribution in [1.82, 2.24) is 9.78 Å². The molecule has 0 saturated carbocycles. The number of aromatic carboxylic acids is 1. The van der Waals surface area contributed by atoms with E-state index < -0.39 is 29.2 Å². The lowest BCUT2D eigenvalue weighted by atomic mass is 9.98. The van der Waals surface area contributed by atoms with Crippen LogP contribution in [0.5, 0.6) is 11.6 Å². The van der Waals surface area contributed by atoms with Crippen LogP contribution in [0.25, 0.3) is 11.1 Å². The summed E-state index contributed by atoms with van der Waals surface area (Å²) in [5.41, 5.74) is 0.763. The smallest absolute Gasteiger partial charge is 0.339 e. The zero-order valence-electron chi connectivity index (χ0n) is 21.4. The van der Waals surface area contributed by atoms with Crippen LogP contribution in [0.15, 0.2) is 77.6 Å². The summed E-state index contributed by atoms with van der Waals surface area (Å²) in [4.78, 5) is 50.5. The highest BCUT2D eigenvalue weighted by Gasteiger charge is 2.27. The third-order valence-corrected chi connectivity index (χ3v) is 6.37. The van der Waals surface area contributed by atoms with Crippen LogP contribution in [-0.4, -0.2) is 44.8 Å². The number of hydrogen-bond acceptors (Lipinski definition) is 7. The Balaban J connectivity index is 1.80. The number of Topliss-reactive ketones (excluding diaryl/α,β-unsaturated/α-hetero) is 1. The number of ketones is 1. The molecule has 11 heteroatoms. The molecule has 0 radical (unpaired) electrons. The van der Waals surface area contributed by atoms with E-state index in [0.717, 1.165) is 22.4 Å². The van der Waals surface area contributed by atoms with Gasteiger partial charge >= 0.3 is 5.97 Å². The Morgan fingerprint density at radius 1 is 1.00 bits per heavy atom. The van der Waals surface area contributed by atoms with Gasteiger partial charge in [-0.05, 0) is 48.4 Å². The number of methoxy groups -OCH3 is 1. The summed E-state index contributed by atoms with van der Waals surface area (Å²) in [7, 11) is 1.34. The highest BCUT2D eigenvalue weighted by atomic mass is 35.5. The van der Waals surface area contributed by atoms with E-state index in [2.05, 4.69) is 10.4 Å². The third-order valence-electron chi connectivity index (χ3n) is 6.13. The van der Waals surface area contributed by atoms with Gasteiger partial charge in [-0.25, -0.2) is 9.48 Å². The van der Waals surface area contributed by atoms with Gasteiger partial charge < -0.3 is 20.3 Å². The van der Waals surface area contributed by atoms with Gasteiger partial charge in [0.2, 0.25) is 11.8 Å². The molecule has 0 saturated heterocycles. The number of anilines is 1. The number of carboxylic acids is 1. The Hall–Kier alpha value is -4.96. The van der Waals surface area contributed by atoms with Gasteiger partial charge in [-0.1, -0.05) is 41.9 Å². The maximum Gasteiger partial charge on any atom is 0.339 e. The van der Waals surface area contributed by atoms with Gasteiger partial charge in [-0.2, -0.15) is 0 Å². The van der Waals surface area contributed by atoms with E-state index in [4.69, 9.17) is 21.4 Å². The molecule has 1 amide bonds. The molecule has 40 heavy (non-hydrogen) atoms. The number of nitrogens with zero attached hydrogens (tertiary/aromatic N) is 2. The topological polar surface area (TPSA) is 148 Å². The predicted molar refractivity (Wildman–Crippen MR) is 148 cm³/mol. The highest BCUT2D eigenvalue weighted by Crippen LogP contribution is 2.33. The second-order valence-electron chi connectivity index (χ2n) is 8.83.